The molecule has 5 nitrogen and oxygen atoms in total. The number of nitrogens with one attached hydrogen (secondary N) is 3. The number of halogens is 1. The molecule has 0 aliphatic heterocycles. The molecule has 0 saturated carbocycles. The van der Waals surface area contributed by atoms with Gasteiger partial charge in [-0.05, 0) is 56.6 Å². The topological polar surface area (TPSA) is 70.2 Å². The molecule has 0 unspecified atom stereocenters. The van der Waals surface area contributed by atoms with Crippen LogP contribution in [0.5, 0.6) is 0 Å². The molecular weight excluding hydrogens is 314 g/mol. The minimum Gasteiger partial charge on any atom is -0.352 e. The maximum absolute atomic E-state index is 12.0. The van der Waals surface area contributed by atoms with Gasteiger partial charge in [-0.1, -0.05) is 13.8 Å². The van der Waals surface area contributed by atoms with Crippen molar-refractivity contribution in [3.8, 4) is 0 Å². The van der Waals surface area contributed by atoms with Crippen LogP contribution in [0.4, 0.5) is 5.69 Å². The van der Waals surface area contributed by atoms with Crippen LogP contribution in [0, 0.1) is 12.8 Å². The Morgan fingerprint density at radius 3 is 2.48 bits per heavy atom. The normalized spacial score (nSPS) is 10.1. The van der Waals surface area contributed by atoms with E-state index in [4.69, 9.17) is 0 Å². The number of amides is 2. The van der Waals surface area contributed by atoms with E-state index in [2.05, 4.69) is 29.8 Å². The van der Waals surface area contributed by atoms with Gasteiger partial charge < -0.3 is 16.0 Å². The molecule has 1 aromatic carbocycles. The van der Waals surface area contributed by atoms with Gasteiger partial charge in [-0.15, -0.1) is 12.4 Å². The minimum absolute atomic E-state index is 0. The Morgan fingerprint density at radius 1 is 1.22 bits per heavy atom. The van der Waals surface area contributed by atoms with Gasteiger partial charge in [0.2, 0.25) is 5.91 Å². The largest absolute Gasteiger partial charge is 0.352 e. The molecular formula is C17H28ClN3O2. The summed E-state index contributed by atoms with van der Waals surface area (Å²) in [5.41, 5.74) is 2.26. The minimum atomic E-state index is -0.0799. The van der Waals surface area contributed by atoms with E-state index in [1.54, 1.807) is 18.2 Å². The second-order valence-electron chi connectivity index (χ2n) is 5.89. The summed E-state index contributed by atoms with van der Waals surface area (Å²) in [7, 11) is 1.87. The number of hydrogen-bond donors (Lipinski definition) is 3. The third kappa shape index (κ3) is 8.00. The van der Waals surface area contributed by atoms with Crippen LogP contribution in [0.15, 0.2) is 18.2 Å². The molecule has 1 rings (SSSR count). The molecule has 0 radical (unpaired) electrons. The molecule has 0 heterocycles. The lowest BCUT2D eigenvalue weighted by Crippen LogP contribution is -2.27. The van der Waals surface area contributed by atoms with Crippen molar-refractivity contribution >= 4 is 29.9 Å². The molecule has 23 heavy (non-hydrogen) atoms. The Kier molecular flexibility index (Phi) is 10.3. The number of carbonyl (C=O) groups is 2. The standard InChI is InChI=1S/C17H27N3O2.ClH/c1-12(2)11-19-17(22)14-7-8-15(13(3)10-14)20-16(21)6-5-9-18-4;/h7-8,10,12,18H,5-6,9,11H2,1-4H3,(H,19,22)(H,20,21);1H. The first-order valence-electron chi connectivity index (χ1n) is 7.77. The summed E-state index contributed by atoms with van der Waals surface area (Å²) >= 11 is 0. The quantitative estimate of drug-likeness (QED) is 0.637. The van der Waals surface area contributed by atoms with E-state index in [1.807, 2.05) is 14.0 Å². The van der Waals surface area contributed by atoms with Gasteiger partial charge in [-0.25, -0.2) is 0 Å². The van der Waals surface area contributed by atoms with Gasteiger partial charge in [0.15, 0.2) is 0 Å². The van der Waals surface area contributed by atoms with E-state index in [0.717, 1.165) is 24.2 Å². The maximum atomic E-state index is 12.0. The van der Waals surface area contributed by atoms with Crippen LogP contribution in [-0.4, -0.2) is 32.0 Å². The van der Waals surface area contributed by atoms with Crippen molar-refractivity contribution in [2.24, 2.45) is 5.92 Å². The van der Waals surface area contributed by atoms with Crippen molar-refractivity contribution in [1.82, 2.24) is 10.6 Å². The summed E-state index contributed by atoms with van der Waals surface area (Å²) in [4.78, 5) is 23.8. The molecule has 1 aromatic rings. The summed E-state index contributed by atoms with van der Waals surface area (Å²) in [5.74, 6) is 0.334. The molecule has 0 fully saturated rings. The zero-order chi connectivity index (χ0) is 16.5. The summed E-state index contributed by atoms with van der Waals surface area (Å²) in [5, 5.41) is 8.79. The third-order valence-corrected chi connectivity index (χ3v) is 3.26. The first kappa shape index (κ1) is 21.4. The number of benzene rings is 1. The lowest BCUT2D eigenvalue weighted by atomic mass is 10.1. The van der Waals surface area contributed by atoms with Crippen LogP contribution in [0.25, 0.3) is 0 Å². The lowest BCUT2D eigenvalue weighted by Gasteiger charge is -2.11. The number of rotatable bonds is 8. The van der Waals surface area contributed by atoms with Crippen LogP contribution in [-0.2, 0) is 4.79 Å². The van der Waals surface area contributed by atoms with Crippen molar-refractivity contribution in [3.63, 3.8) is 0 Å². The van der Waals surface area contributed by atoms with Crippen LogP contribution < -0.4 is 16.0 Å². The fourth-order valence-corrected chi connectivity index (χ4v) is 1.98. The number of carbonyl (C=O) groups excluding carboxylic acids is 2. The first-order valence-corrected chi connectivity index (χ1v) is 7.77. The molecule has 130 valence electrons. The molecule has 0 aliphatic rings. The highest BCUT2D eigenvalue weighted by Gasteiger charge is 2.09. The van der Waals surface area contributed by atoms with E-state index >= 15 is 0 Å². The third-order valence-electron chi connectivity index (χ3n) is 3.26. The van der Waals surface area contributed by atoms with Gasteiger partial charge in [-0.3, -0.25) is 9.59 Å². The Labute approximate surface area is 145 Å². The molecule has 0 aliphatic carbocycles. The predicted molar refractivity (Wildman–Crippen MR) is 97.4 cm³/mol. The van der Waals surface area contributed by atoms with Gasteiger partial charge in [-0.2, -0.15) is 0 Å². The number of anilines is 1. The van der Waals surface area contributed by atoms with E-state index in [9.17, 15) is 9.59 Å². The second-order valence-corrected chi connectivity index (χ2v) is 5.89. The lowest BCUT2D eigenvalue weighted by molar-refractivity contribution is -0.116. The number of aryl methyl sites for hydroxylation is 1. The number of hydrogen-bond acceptors (Lipinski definition) is 3. The van der Waals surface area contributed by atoms with Crippen molar-refractivity contribution < 1.29 is 9.59 Å². The Bertz CT molecular complexity index is 519. The summed E-state index contributed by atoms with van der Waals surface area (Å²) in [6.07, 6.45) is 1.29. The van der Waals surface area contributed by atoms with Crippen molar-refractivity contribution in [1.29, 1.82) is 0 Å². The molecule has 3 N–H and O–H groups in total. The molecule has 0 aromatic heterocycles. The Hall–Kier alpha value is -1.59. The zero-order valence-corrected chi connectivity index (χ0v) is 15.2. The van der Waals surface area contributed by atoms with E-state index in [0.29, 0.717) is 24.4 Å². The fraction of sp³-hybridized carbons (Fsp3) is 0.529. The average Bonchev–Trinajstić information content (AvgIpc) is 2.47. The highest BCUT2D eigenvalue weighted by Crippen LogP contribution is 2.17. The summed E-state index contributed by atoms with van der Waals surface area (Å²) in [6, 6.07) is 5.33. The SMILES string of the molecule is CNCCCC(=O)Nc1ccc(C(=O)NCC(C)C)cc1C.Cl. The van der Waals surface area contributed by atoms with Gasteiger partial charge in [0, 0.05) is 24.2 Å². The molecule has 0 bridgehead atoms. The van der Waals surface area contributed by atoms with Crippen LogP contribution in [0.2, 0.25) is 0 Å². The first-order chi connectivity index (χ1) is 10.4. The van der Waals surface area contributed by atoms with Gasteiger partial charge in [0.25, 0.3) is 5.91 Å². The van der Waals surface area contributed by atoms with Crippen LogP contribution in [0.3, 0.4) is 0 Å². The molecule has 6 heteroatoms. The summed E-state index contributed by atoms with van der Waals surface area (Å²) < 4.78 is 0. The highest BCUT2D eigenvalue weighted by molar-refractivity contribution is 5.96. The zero-order valence-electron chi connectivity index (χ0n) is 14.4. The van der Waals surface area contributed by atoms with Crippen LogP contribution >= 0.6 is 12.4 Å². The smallest absolute Gasteiger partial charge is 0.251 e. The van der Waals surface area contributed by atoms with E-state index in [1.165, 1.54) is 0 Å². The summed E-state index contributed by atoms with van der Waals surface area (Å²) in [6.45, 7) is 7.47. The Morgan fingerprint density at radius 2 is 1.91 bits per heavy atom. The molecule has 2 amide bonds. The monoisotopic (exact) mass is 341 g/mol. The van der Waals surface area contributed by atoms with Gasteiger partial charge in [0.05, 0.1) is 0 Å². The van der Waals surface area contributed by atoms with E-state index in [-0.39, 0.29) is 24.2 Å². The van der Waals surface area contributed by atoms with Gasteiger partial charge in [0.1, 0.15) is 0 Å². The molecule has 0 spiro atoms. The van der Waals surface area contributed by atoms with Crippen molar-refractivity contribution in [2.75, 3.05) is 25.5 Å². The van der Waals surface area contributed by atoms with Crippen LogP contribution in [0.1, 0.15) is 42.6 Å². The molecule has 0 atom stereocenters. The predicted octanol–water partition coefficient (Wildman–Crippen LogP) is 2.74. The average molecular weight is 342 g/mol. The molecule has 0 saturated heterocycles. The van der Waals surface area contributed by atoms with E-state index < -0.39 is 0 Å². The highest BCUT2D eigenvalue weighted by atomic mass is 35.5. The maximum Gasteiger partial charge on any atom is 0.251 e. The Balaban J connectivity index is 0.00000484. The van der Waals surface area contributed by atoms with Crippen molar-refractivity contribution in [2.45, 2.75) is 33.6 Å². The van der Waals surface area contributed by atoms with Gasteiger partial charge >= 0.3 is 0 Å². The second kappa shape index (κ2) is 11.0. The fourth-order valence-electron chi connectivity index (χ4n) is 1.98. The van der Waals surface area contributed by atoms with Crippen molar-refractivity contribution in [3.05, 3.63) is 29.3 Å².